The molecule has 0 amide bonds. The number of hydrogen-bond donors (Lipinski definition) is 1. The highest BCUT2D eigenvalue weighted by molar-refractivity contribution is 7.89. The van der Waals surface area contributed by atoms with Crippen LogP contribution in [0.3, 0.4) is 0 Å². The van der Waals surface area contributed by atoms with E-state index in [0.29, 0.717) is 24.0 Å². The van der Waals surface area contributed by atoms with Gasteiger partial charge in [0.05, 0.1) is 4.90 Å². The summed E-state index contributed by atoms with van der Waals surface area (Å²) in [5, 5.41) is 7.65. The van der Waals surface area contributed by atoms with Crippen LogP contribution in [0.15, 0.2) is 60.0 Å². The number of aromatic nitrogens is 3. The highest BCUT2D eigenvalue weighted by Gasteiger charge is 2.32. The lowest BCUT2D eigenvalue weighted by Gasteiger charge is -2.30. The Hall–Kier alpha value is -2.92. The van der Waals surface area contributed by atoms with Crippen LogP contribution in [0.5, 0.6) is 5.75 Å². The van der Waals surface area contributed by atoms with Gasteiger partial charge in [0.2, 0.25) is 10.0 Å². The molecule has 2 atom stereocenters. The summed E-state index contributed by atoms with van der Waals surface area (Å²) in [6, 6.07) is 11.5. The van der Waals surface area contributed by atoms with Gasteiger partial charge in [-0.2, -0.15) is 13.2 Å². The molecule has 4 rings (SSSR count). The molecule has 35 heavy (non-hydrogen) atoms. The molecule has 0 saturated heterocycles. The predicted octanol–water partition coefficient (Wildman–Crippen LogP) is 4.91. The van der Waals surface area contributed by atoms with Gasteiger partial charge in [-0.15, -0.1) is 10.2 Å². The van der Waals surface area contributed by atoms with E-state index in [-0.39, 0.29) is 34.7 Å². The summed E-state index contributed by atoms with van der Waals surface area (Å²) in [5.74, 6) is -0.0649. The SMILES string of the molecule is CCc1c(S(=O)(=O)N[C@H]2CCC[C@@H](n3cnnc3)C2)ccc(-c2ccccc2)c1OCC(F)(F)F. The number of ether oxygens (including phenoxy) is 1. The molecular weight excluding hydrogens is 481 g/mol. The highest BCUT2D eigenvalue weighted by atomic mass is 32.2. The number of halogens is 3. The number of nitrogens with zero attached hydrogens (tertiary/aromatic N) is 3. The minimum Gasteiger partial charge on any atom is -0.483 e. The fraction of sp³-hybridized carbons (Fsp3) is 0.417. The lowest BCUT2D eigenvalue weighted by molar-refractivity contribution is -0.153. The number of benzene rings is 2. The molecule has 1 heterocycles. The van der Waals surface area contributed by atoms with Crippen molar-refractivity contribution in [3.05, 3.63) is 60.7 Å². The Bertz CT molecular complexity index is 1230. The molecule has 11 heteroatoms. The molecule has 1 saturated carbocycles. The molecule has 1 aromatic heterocycles. The maximum Gasteiger partial charge on any atom is 0.422 e. The van der Waals surface area contributed by atoms with Crippen molar-refractivity contribution in [2.45, 2.75) is 62.2 Å². The van der Waals surface area contributed by atoms with E-state index in [9.17, 15) is 21.6 Å². The average molecular weight is 509 g/mol. The van der Waals surface area contributed by atoms with Crippen molar-refractivity contribution in [1.82, 2.24) is 19.5 Å². The van der Waals surface area contributed by atoms with Gasteiger partial charge in [-0.1, -0.05) is 37.3 Å². The number of hydrogen-bond acceptors (Lipinski definition) is 5. The molecule has 0 unspecified atom stereocenters. The van der Waals surface area contributed by atoms with Crippen LogP contribution in [0.1, 0.15) is 44.2 Å². The molecule has 1 N–H and O–H groups in total. The quantitative estimate of drug-likeness (QED) is 0.467. The molecule has 188 valence electrons. The Balaban J connectivity index is 1.67. The first kappa shape index (κ1) is 25.2. The Morgan fingerprint density at radius 3 is 2.46 bits per heavy atom. The maximum absolute atomic E-state index is 13.5. The summed E-state index contributed by atoms with van der Waals surface area (Å²) < 4.78 is 75.9. The second-order valence-corrected chi connectivity index (χ2v) is 10.3. The largest absolute Gasteiger partial charge is 0.483 e. The number of sulfonamides is 1. The lowest BCUT2D eigenvalue weighted by Crippen LogP contribution is -2.39. The van der Waals surface area contributed by atoms with Crippen LogP contribution in [-0.2, 0) is 16.4 Å². The molecule has 0 bridgehead atoms. The van der Waals surface area contributed by atoms with Gasteiger partial charge in [-0.05, 0) is 49.8 Å². The summed E-state index contributed by atoms with van der Waals surface area (Å²) in [5.41, 5.74) is 1.27. The molecule has 1 fully saturated rings. The third-order valence-electron chi connectivity index (χ3n) is 6.15. The van der Waals surface area contributed by atoms with Gasteiger partial charge >= 0.3 is 6.18 Å². The zero-order valence-electron chi connectivity index (χ0n) is 19.2. The summed E-state index contributed by atoms with van der Waals surface area (Å²) in [4.78, 5) is -0.0664. The van der Waals surface area contributed by atoms with Gasteiger partial charge in [0.1, 0.15) is 18.4 Å². The van der Waals surface area contributed by atoms with E-state index in [4.69, 9.17) is 4.74 Å². The summed E-state index contributed by atoms with van der Waals surface area (Å²) in [6.07, 6.45) is 1.79. The topological polar surface area (TPSA) is 86.1 Å². The van der Waals surface area contributed by atoms with E-state index in [0.717, 1.165) is 12.8 Å². The van der Waals surface area contributed by atoms with E-state index in [1.807, 2.05) is 4.57 Å². The fourth-order valence-corrected chi connectivity index (χ4v) is 6.17. The van der Waals surface area contributed by atoms with Crippen LogP contribution < -0.4 is 9.46 Å². The van der Waals surface area contributed by atoms with Gasteiger partial charge in [-0.25, -0.2) is 13.1 Å². The molecule has 0 aliphatic heterocycles. The third kappa shape index (κ3) is 6.02. The number of nitrogens with one attached hydrogen (secondary N) is 1. The van der Waals surface area contributed by atoms with E-state index in [1.165, 1.54) is 12.1 Å². The van der Waals surface area contributed by atoms with Crippen molar-refractivity contribution in [3.8, 4) is 16.9 Å². The standard InChI is InChI=1S/C24H27F3N4O3S/c1-2-20-22(35(32,33)30-18-9-6-10-19(13-18)31-15-28-29-16-31)12-11-21(17-7-4-3-5-8-17)23(20)34-14-24(25,26)27/h3-5,7-8,11-12,15-16,18-19,30H,2,6,9-10,13-14H2,1H3/t18-,19+/m0/s1. The van der Waals surface area contributed by atoms with Crippen molar-refractivity contribution in [2.75, 3.05) is 6.61 Å². The summed E-state index contributed by atoms with van der Waals surface area (Å²) in [6.45, 7) is 0.187. The van der Waals surface area contributed by atoms with Crippen molar-refractivity contribution >= 4 is 10.0 Å². The summed E-state index contributed by atoms with van der Waals surface area (Å²) in [7, 11) is -4.02. The first-order valence-corrected chi connectivity index (χ1v) is 12.9. The Kier molecular flexibility index (Phi) is 7.46. The molecule has 3 aromatic rings. The van der Waals surface area contributed by atoms with Crippen molar-refractivity contribution in [2.24, 2.45) is 0 Å². The molecule has 1 aliphatic carbocycles. The fourth-order valence-electron chi connectivity index (χ4n) is 4.58. The Labute approximate surface area is 202 Å². The van der Waals surface area contributed by atoms with Crippen LogP contribution in [0.25, 0.3) is 11.1 Å². The van der Waals surface area contributed by atoms with Crippen molar-refractivity contribution in [3.63, 3.8) is 0 Å². The van der Waals surface area contributed by atoms with Gasteiger partial charge in [0, 0.05) is 23.2 Å². The normalized spacial score (nSPS) is 19.0. The third-order valence-corrected chi connectivity index (χ3v) is 7.76. The molecular formula is C24H27F3N4O3S. The van der Waals surface area contributed by atoms with E-state index < -0.39 is 22.8 Å². The van der Waals surface area contributed by atoms with Crippen LogP contribution >= 0.6 is 0 Å². The van der Waals surface area contributed by atoms with Crippen LogP contribution in [-0.4, -0.2) is 42.0 Å². The van der Waals surface area contributed by atoms with Crippen LogP contribution in [0, 0.1) is 0 Å². The monoisotopic (exact) mass is 508 g/mol. The average Bonchev–Trinajstić information content (AvgIpc) is 3.37. The number of alkyl halides is 3. The summed E-state index contributed by atoms with van der Waals surface area (Å²) >= 11 is 0. The smallest absolute Gasteiger partial charge is 0.422 e. The predicted molar refractivity (Wildman–Crippen MR) is 124 cm³/mol. The second kappa shape index (κ2) is 10.4. The number of rotatable bonds is 8. The highest BCUT2D eigenvalue weighted by Crippen LogP contribution is 2.39. The van der Waals surface area contributed by atoms with Crippen LogP contribution in [0.2, 0.25) is 0 Å². The molecule has 0 spiro atoms. The first-order chi connectivity index (χ1) is 16.7. The lowest BCUT2D eigenvalue weighted by atomic mass is 9.91. The van der Waals surface area contributed by atoms with Crippen molar-refractivity contribution in [1.29, 1.82) is 0 Å². The van der Waals surface area contributed by atoms with Gasteiger partial charge in [0.15, 0.2) is 6.61 Å². The molecule has 0 radical (unpaired) electrons. The zero-order chi connectivity index (χ0) is 25.1. The van der Waals surface area contributed by atoms with Gasteiger partial charge in [-0.3, -0.25) is 0 Å². The second-order valence-electron chi connectivity index (χ2n) is 8.59. The van der Waals surface area contributed by atoms with E-state index in [2.05, 4.69) is 14.9 Å². The van der Waals surface area contributed by atoms with Gasteiger partial charge in [0.25, 0.3) is 0 Å². The molecule has 2 aromatic carbocycles. The zero-order valence-corrected chi connectivity index (χ0v) is 20.0. The molecule has 7 nitrogen and oxygen atoms in total. The minimum atomic E-state index is -4.56. The van der Waals surface area contributed by atoms with Crippen molar-refractivity contribution < 1.29 is 26.3 Å². The van der Waals surface area contributed by atoms with E-state index >= 15 is 0 Å². The Morgan fingerprint density at radius 1 is 1.09 bits per heavy atom. The van der Waals surface area contributed by atoms with Gasteiger partial charge < -0.3 is 9.30 Å². The van der Waals surface area contributed by atoms with E-state index in [1.54, 1.807) is 49.9 Å². The molecule has 1 aliphatic rings. The Morgan fingerprint density at radius 2 is 1.80 bits per heavy atom. The van der Waals surface area contributed by atoms with Crippen LogP contribution in [0.4, 0.5) is 13.2 Å². The maximum atomic E-state index is 13.5. The minimum absolute atomic E-state index is 0.0649. The first-order valence-electron chi connectivity index (χ1n) is 11.4.